The first-order valence-electron chi connectivity index (χ1n) is 7.82. The highest BCUT2D eigenvalue weighted by molar-refractivity contribution is 7.91. The number of hydrogen-bond donors (Lipinski definition) is 1. The van der Waals surface area contributed by atoms with Gasteiger partial charge in [-0.15, -0.1) is 0 Å². The van der Waals surface area contributed by atoms with Crippen LogP contribution in [0.5, 0.6) is 5.75 Å². The van der Waals surface area contributed by atoms with E-state index in [-0.39, 0.29) is 35.0 Å². The van der Waals surface area contributed by atoms with E-state index in [9.17, 15) is 18.3 Å². The van der Waals surface area contributed by atoms with Gasteiger partial charge in [0.1, 0.15) is 5.75 Å². The second-order valence-corrected chi connectivity index (χ2v) is 8.27. The van der Waals surface area contributed by atoms with Gasteiger partial charge in [0.25, 0.3) is 5.91 Å². The summed E-state index contributed by atoms with van der Waals surface area (Å²) in [6, 6.07) is 2.43. The maximum atomic E-state index is 12.7. The standard InChI is InChI=1S/C15H21N3O4S/c1-2-6-17-7-8-18(12-10-23(21,22)9-11(12)17)15(20)14-13(19)4-3-5-16-14/h3-5,11-12,19H,2,6-10H2,1H3/t11-,12+/m0/s1. The van der Waals surface area contributed by atoms with E-state index in [2.05, 4.69) is 16.8 Å². The van der Waals surface area contributed by atoms with Gasteiger partial charge in [0.2, 0.25) is 0 Å². The Bertz CT molecular complexity index is 706. The Morgan fingerprint density at radius 3 is 2.78 bits per heavy atom. The number of hydrogen-bond acceptors (Lipinski definition) is 6. The van der Waals surface area contributed by atoms with Crippen LogP contribution in [0.4, 0.5) is 0 Å². The first kappa shape index (κ1) is 16.2. The topological polar surface area (TPSA) is 90.8 Å². The summed E-state index contributed by atoms with van der Waals surface area (Å²) < 4.78 is 24.2. The van der Waals surface area contributed by atoms with Crippen molar-refractivity contribution in [2.75, 3.05) is 31.1 Å². The average Bonchev–Trinajstić information content (AvgIpc) is 2.83. The number of fused-ring (bicyclic) bond motifs is 1. The minimum Gasteiger partial charge on any atom is -0.505 e. The molecule has 0 aromatic carbocycles. The summed E-state index contributed by atoms with van der Waals surface area (Å²) in [5.41, 5.74) is -0.0144. The second kappa shape index (κ2) is 6.09. The number of aromatic hydroxyl groups is 1. The Hall–Kier alpha value is -1.67. The lowest BCUT2D eigenvalue weighted by atomic mass is 10.0. The minimum absolute atomic E-state index is 0.0144. The summed E-state index contributed by atoms with van der Waals surface area (Å²) >= 11 is 0. The van der Waals surface area contributed by atoms with Crippen molar-refractivity contribution in [3.8, 4) is 5.75 Å². The number of carbonyl (C=O) groups is 1. The highest BCUT2D eigenvalue weighted by Crippen LogP contribution is 2.29. The van der Waals surface area contributed by atoms with Crippen molar-refractivity contribution in [2.24, 2.45) is 0 Å². The second-order valence-electron chi connectivity index (χ2n) is 6.12. The fraction of sp³-hybridized carbons (Fsp3) is 0.600. The van der Waals surface area contributed by atoms with E-state index in [0.29, 0.717) is 13.1 Å². The lowest BCUT2D eigenvalue weighted by Crippen LogP contribution is -2.60. The molecule has 1 aromatic heterocycles. The molecule has 2 atom stereocenters. The molecular formula is C15H21N3O4S. The fourth-order valence-corrected chi connectivity index (χ4v) is 5.55. The molecule has 8 heteroatoms. The van der Waals surface area contributed by atoms with Gasteiger partial charge in [0, 0.05) is 25.3 Å². The summed E-state index contributed by atoms with van der Waals surface area (Å²) in [4.78, 5) is 20.4. The highest BCUT2D eigenvalue weighted by Gasteiger charge is 2.48. The van der Waals surface area contributed by atoms with Crippen molar-refractivity contribution in [1.82, 2.24) is 14.8 Å². The van der Waals surface area contributed by atoms with Crippen LogP contribution in [0.3, 0.4) is 0 Å². The van der Waals surface area contributed by atoms with Crippen LogP contribution in [0, 0.1) is 0 Å². The van der Waals surface area contributed by atoms with E-state index in [1.165, 1.54) is 12.3 Å². The molecule has 1 N–H and O–H groups in total. The van der Waals surface area contributed by atoms with Crippen molar-refractivity contribution in [3.63, 3.8) is 0 Å². The van der Waals surface area contributed by atoms with Crippen molar-refractivity contribution in [3.05, 3.63) is 24.0 Å². The van der Waals surface area contributed by atoms with Crippen LogP contribution in [0.1, 0.15) is 23.8 Å². The van der Waals surface area contributed by atoms with Gasteiger partial charge in [-0.1, -0.05) is 6.92 Å². The molecule has 0 bridgehead atoms. The zero-order chi connectivity index (χ0) is 16.6. The predicted molar refractivity (Wildman–Crippen MR) is 85.0 cm³/mol. The van der Waals surface area contributed by atoms with Crippen LogP contribution in [0.2, 0.25) is 0 Å². The monoisotopic (exact) mass is 339 g/mol. The van der Waals surface area contributed by atoms with Crippen LogP contribution >= 0.6 is 0 Å². The maximum absolute atomic E-state index is 12.7. The first-order chi connectivity index (χ1) is 10.9. The molecule has 2 aliphatic rings. The number of rotatable bonds is 3. The van der Waals surface area contributed by atoms with Gasteiger partial charge in [-0.3, -0.25) is 9.69 Å². The van der Waals surface area contributed by atoms with Crippen molar-refractivity contribution >= 4 is 15.7 Å². The quantitative estimate of drug-likeness (QED) is 0.841. The highest BCUT2D eigenvalue weighted by atomic mass is 32.2. The van der Waals surface area contributed by atoms with Gasteiger partial charge in [-0.2, -0.15) is 0 Å². The number of nitrogens with zero attached hydrogens (tertiary/aromatic N) is 3. The fourth-order valence-electron chi connectivity index (χ4n) is 3.54. The summed E-state index contributed by atoms with van der Waals surface area (Å²) in [5.74, 6) is -0.496. The minimum atomic E-state index is -3.16. The average molecular weight is 339 g/mol. The molecule has 0 radical (unpaired) electrons. The molecule has 126 valence electrons. The Labute approximate surface area is 135 Å². The van der Waals surface area contributed by atoms with E-state index in [1.54, 1.807) is 11.0 Å². The van der Waals surface area contributed by atoms with Crippen LogP contribution in [0.25, 0.3) is 0 Å². The third-order valence-corrected chi connectivity index (χ3v) is 6.25. The zero-order valence-corrected chi connectivity index (χ0v) is 13.9. The molecule has 0 unspecified atom stereocenters. The normalized spacial score (nSPS) is 26.9. The lowest BCUT2D eigenvalue weighted by Gasteiger charge is -2.43. The van der Waals surface area contributed by atoms with Gasteiger partial charge in [0.15, 0.2) is 15.5 Å². The molecule has 3 heterocycles. The molecular weight excluding hydrogens is 318 g/mol. The van der Waals surface area contributed by atoms with Crippen LogP contribution in [-0.4, -0.2) is 77.4 Å². The molecule has 1 amide bonds. The molecule has 2 aliphatic heterocycles. The molecule has 2 fully saturated rings. The molecule has 7 nitrogen and oxygen atoms in total. The van der Waals surface area contributed by atoms with Gasteiger partial charge < -0.3 is 10.0 Å². The molecule has 0 aliphatic carbocycles. The Kier molecular flexibility index (Phi) is 4.29. The maximum Gasteiger partial charge on any atom is 0.276 e. The molecule has 3 rings (SSSR count). The van der Waals surface area contributed by atoms with Crippen molar-refractivity contribution < 1.29 is 18.3 Å². The largest absolute Gasteiger partial charge is 0.505 e. The number of aromatic nitrogens is 1. The number of sulfone groups is 1. The number of carbonyl (C=O) groups excluding carboxylic acids is 1. The SMILES string of the molecule is CCCN1CCN(C(=O)c2ncccc2O)[C@@H]2CS(=O)(=O)C[C@@H]21. The number of piperazine rings is 1. The van der Waals surface area contributed by atoms with E-state index in [4.69, 9.17) is 0 Å². The smallest absolute Gasteiger partial charge is 0.276 e. The van der Waals surface area contributed by atoms with Crippen LogP contribution in [0.15, 0.2) is 18.3 Å². The van der Waals surface area contributed by atoms with Crippen molar-refractivity contribution in [2.45, 2.75) is 25.4 Å². The molecule has 23 heavy (non-hydrogen) atoms. The third-order valence-electron chi connectivity index (χ3n) is 4.55. The van der Waals surface area contributed by atoms with E-state index in [0.717, 1.165) is 13.0 Å². The van der Waals surface area contributed by atoms with Crippen LogP contribution < -0.4 is 0 Å². The van der Waals surface area contributed by atoms with Gasteiger partial charge in [-0.25, -0.2) is 13.4 Å². The van der Waals surface area contributed by atoms with Gasteiger partial charge in [0.05, 0.1) is 17.5 Å². The van der Waals surface area contributed by atoms with E-state index in [1.807, 2.05) is 0 Å². The summed E-state index contributed by atoms with van der Waals surface area (Å²) in [6.45, 7) is 3.98. The zero-order valence-electron chi connectivity index (χ0n) is 13.1. The van der Waals surface area contributed by atoms with Gasteiger partial charge in [-0.05, 0) is 25.1 Å². The Balaban J connectivity index is 1.89. The van der Waals surface area contributed by atoms with Crippen LogP contribution in [-0.2, 0) is 9.84 Å². The summed E-state index contributed by atoms with van der Waals surface area (Å²) in [7, 11) is -3.16. The van der Waals surface area contributed by atoms with E-state index >= 15 is 0 Å². The van der Waals surface area contributed by atoms with E-state index < -0.39 is 15.7 Å². The first-order valence-corrected chi connectivity index (χ1v) is 9.64. The number of pyridine rings is 1. The number of amides is 1. The Morgan fingerprint density at radius 1 is 1.35 bits per heavy atom. The molecule has 1 aromatic rings. The Morgan fingerprint density at radius 2 is 2.09 bits per heavy atom. The molecule has 0 spiro atoms. The molecule has 2 saturated heterocycles. The third kappa shape index (κ3) is 3.05. The lowest BCUT2D eigenvalue weighted by molar-refractivity contribution is 0.0326. The summed E-state index contributed by atoms with van der Waals surface area (Å²) in [5, 5.41) is 9.85. The predicted octanol–water partition coefficient (Wildman–Crippen LogP) is 0.121. The van der Waals surface area contributed by atoms with Gasteiger partial charge >= 0.3 is 0 Å². The van der Waals surface area contributed by atoms with Crippen molar-refractivity contribution in [1.29, 1.82) is 0 Å². The summed E-state index contributed by atoms with van der Waals surface area (Å²) in [6.07, 6.45) is 2.39. The molecule has 0 saturated carbocycles.